The molecule has 0 aliphatic carbocycles. The second-order valence-corrected chi connectivity index (χ2v) is 33.4. The van der Waals surface area contributed by atoms with Gasteiger partial charge in [0.2, 0.25) is 0 Å². The Morgan fingerprint density at radius 1 is 0.430 bits per heavy atom. The van der Waals surface area contributed by atoms with Gasteiger partial charge in [0.25, 0.3) is 20.0 Å². The number of carboxylic acids is 1. The lowest BCUT2D eigenvalue weighted by molar-refractivity contribution is -0.385. The van der Waals surface area contributed by atoms with Gasteiger partial charge in [0.05, 0.1) is 91.2 Å². The van der Waals surface area contributed by atoms with Crippen LogP contribution in [0.25, 0.3) is 84.3 Å². The molecule has 24 nitrogen and oxygen atoms in total. The molecule has 0 saturated carbocycles. The van der Waals surface area contributed by atoms with Crippen LogP contribution in [0.5, 0.6) is 17.2 Å². The number of ether oxygens (including phenoxy) is 5. The molecule has 14 aromatic rings. The molecule has 0 aliphatic heterocycles. The van der Waals surface area contributed by atoms with Gasteiger partial charge in [0.15, 0.2) is 5.75 Å². The number of hydrogen-bond acceptors (Lipinski definition) is 17. The third-order valence-electron chi connectivity index (χ3n) is 18.9. The number of unbranched alkanes of at least 4 members (excludes halogenated alkanes) is 6. The highest BCUT2D eigenvalue weighted by molar-refractivity contribution is 9.10. The van der Waals surface area contributed by atoms with Crippen LogP contribution in [0.1, 0.15) is 105 Å². The second-order valence-electron chi connectivity index (χ2n) is 28.7. The number of para-hydroxylation sites is 3. The highest BCUT2D eigenvalue weighted by Crippen LogP contribution is 2.41. The van der Waals surface area contributed by atoms with E-state index in [0.717, 1.165) is 73.4 Å². The molecule has 121 heavy (non-hydrogen) atoms. The number of carboxylic acid groups (broad SMARTS) is 1. The summed E-state index contributed by atoms with van der Waals surface area (Å²) in [6.07, 6.45) is 6.57. The highest BCUT2D eigenvalue weighted by Gasteiger charge is 2.27. The molecule has 0 fully saturated rings. The molecule has 624 valence electrons. The van der Waals surface area contributed by atoms with E-state index in [9.17, 15) is 41.3 Å². The summed E-state index contributed by atoms with van der Waals surface area (Å²) in [5.41, 5.74) is 9.77. The molecule has 0 radical (unpaired) electrons. The lowest BCUT2D eigenvalue weighted by atomic mass is 10.2. The van der Waals surface area contributed by atoms with E-state index in [2.05, 4.69) is 25.4 Å². The zero-order chi connectivity index (χ0) is 85.4. The van der Waals surface area contributed by atoms with E-state index in [0.29, 0.717) is 121 Å². The van der Waals surface area contributed by atoms with Crippen molar-refractivity contribution in [2.75, 3.05) is 29.3 Å². The third kappa shape index (κ3) is 23.7. The number of anilines is 2. The molecular weight excluding hydrogens is 1660 g/mol. The van der Waals surface area contributed by atoms with E-state index in [4.69, 9.17) is 55.3 Å². The second kappa shape index (κ2) is 41.8. The smallest absolute Gasteiger partial charge is 0.313 e. The van der Waals surface area contributed by atoms with E-state index < -0.39 is 30.9 Å². The van der Waals surface area contributed by atoms with Crippen molar-refractivity contribution in [3.05, 3.63) is 287 Å². The van der Waals surface area contributed by atoms with E-state index in [-0.39, 0.29) is 64.1 Å². The van der Waals surface area contributed by atoms with E-state index in [1.807, 2.05) is 229 Å². The largest absolute Gasteiger partial charge is 0.491 e. The number of halogens is 2. The van der Waals surface area contributed by atoms with Crippen LogP contribution in [0, 0.1) is 10.1 Å². The fourth-order valence-corrected chi connectivity index (χ4v) is 15.8. The Hall–Kier alpha value is -12.7. The SMILES string of the molecule is CC(C)OC(=O)CCCCCOc1cc2c(cc1NS(=O)(=O)c1ccc(Br)cc1)nc(-c1ccccc1)n2-c1ccccc1.CC(C)OC(=O)CCCCCOc1cc2c(cc1[N+](=O)[O-])nc(-c1ccccc1)n2-c1ccccc1.O=C(O)CCCCCOc1cc2c(cc1NS(=O)(=O)c1ccc(Cl)cc1)nc(-c1ccccc1)n2-c1ccccc1. The Morgan fingerprint density at radius 2 is 0.744 bits per heavy atom. The number of nitro benzene ring substituents is 1. The molecule has 0 saturated heterocycles. The zero-order valence-corrected chi connectivity index (χ0v) is 71.0. The fraction of sp³-hybridized carbons (Fsp3) is 0.226. The molecule has 14 rings (SSSR count). The maximum Gasteiger partial charge on any atom is 0.313 e. The number of nitrogens with zero attached hydrogens (tertiary/aromatic N) is 7. The number of imidazole rings is 3. The van der Waals surface area contributed by atoms with Gasteiger partial charge in [0, 0.05) is 86.8 Å². The zero-order valence-electron chi connectivity index (χ0n) is 67.0. The van der Waals surface area contributed by atoms with E-state index >= 15 is 0 Å². The van der Waals surface area contributed by atoms with Crippen molar-refractivity contribution >= 4 is 116 Å². The summed E-state index contributed by atoms with van der Waals surface area (Å²) in [7, 11) is -7.89. The summed E-state index contributed by atoms with van der Waals surface area (Å²) in [6, 6.07) is 81.3. The number of rotatable bonds is 36. The van der Waals surface area contributed by atoms with Crippen molar-refractivity contribution in [3.8, 4) is 68.5 Å². The maximum atomic E-state index is 13.4. The lowest BCUT2D eigenvalue weighted by Crippen LogP contribution is -2.14. The Kier molecular flexibility index (Phi) is 30.3. The molecule has 3 heterocycles. The van der Waals surface area contributed by atoms with Gasteiger partial charge < -0.3 is 28.8 Å². The number of nitrogens with one attached hydrogen (secondary N) is 2. The molecule has 0 amide bonds. The number of aliphatic carboxylic acids is 1. The number of nitro groups is 1. The van der Waals surface area contributed by atoms with Gasteiger partial charge in [-0.15, -0.1) is 0 Å². The quantitative estimate of drug-likeness (QED) is 0.0142. The van der Waals surface area contributed by atoms with Crippen LogP contribution in [0.3, 0.4) is 0 Å². The molecule has 0 unspecified atom stereocenters. The van der Waals surface area contributed by atoms with Crippen molar-refractivity contribution in [1.29, 1.82) is 0 Å². The Labute approximate surface area is 715 Å². The predicted octanol–water partition coefficient (Wildman–Crippen LogP) is 21.8. The van der Waals surface area contributed by atoms with Crippen molar-refractivity contribution in [2.45, 2.75) is 127 Å². The fourth-order valence-electron chi connectivity index (χ4n) is 13.3. The molecule has 28 heteroatoms. The monoisotopic (exact) mass is 1750 g/mol. The number of sulfonamides is 2. The van der Waals surface area contributed by atoms with Crippen molar-refractivity contribution in [1.82, 2.24) is 28.7 Å². The van der Waals surface area contributed by atoms with Crippen LogP contribution < -0.4 is 23.7 Å². The van der Waals surface area contributed by atoms with Gasteiger partial charge in [-0.1, -0.05) is 173 Å². The van der Waals surface area contributed by atoms with Gasteiger partial charge in [-0.25, -0.2) is 31.8 Å². The first-order chi connectivity index (χ1) is 58.5. The van der Waals surface area contributed by atoms with Crippen molar-refractivity contribution < 1.29 is 64.9 Å². The molecule has 0 aliphatic rings. The molecule has 11 aromatic carbocycles. The first-order valence-electron chi connectivity index (χ1n) is 39.7. The maximum absolute atomic E-state index is 13.4. The Morgan fingerprint density at radius 3 is 1.08 bits per heavy atom. The van der Waals surface area contributed by atoms with Gasteiger partial charge in [-0.05, 0) is 183 Å². The number of fused-ring (bicyclic) bond motifs is 3. The Balaban J connectivity index is 0.000000167. The van der Waals surface area contributed by atoms with Crippen LogP contribution in [-0.4, -0.2) is 105 Å². The minimum Gasteiger partial charge on any atom is -0.491 e. The molecule has 3 N–H and O–H groups in total. The number of esters is 2. The van der Waals surface area contributed by atoms with E-state index in [1.165, 1.54) is 42.5 Å². The van der Waals surface area contributed by atoms with Crippen LogP contribution in [0.2, 0.25) is 5.02 Å². The molecule has 0 bridgehead atoms. The Bertz CT molecular complexity index is 6090. The number of carbonyl (C=O) groups excluding carboxylic acids is 2. The van der Waals surface area contributed by atoms with Crippen molar-refractivity contribution in [3.63, 3.8) is 0 Å². The summed E-state index contributed by atoms with van der Waals surface area (Å²) >= 11 is 9.32. The normalized spacial score (nSPS) is 11.4. The number of hydrogen-bond donors (Lipinski definition) is 3. The first kappa shape index (κ1) is 87.6. The third-order valence-corrected chi connectivity index (χ3v) is 22.5. The highest BCUT2D eigenvalue weighted by atomic mass is 79.9. The van der Waals surface area contributed by atoms with Gasteiger partial charge in [-0.2, -0.15) is 0 Å². The van der Waals surface area contributed by atoms with Crippen LogP contribution >= 0.6 is 27.5 Å². The summed E-state index contributed by atoms with van der Waals surface area (Å²) < 4.78 is 94.3. The summed E-state index contributed by atoms with van der Waals surface area (Å²) in [6.45, 7) is 8.23. The molecule has 0 spiro atoms. The first-order valence-corrected chi connectivity index (χ1v) is 43.8. The van der Waals surface area contributed by atoms with Crippen LogP contribution in [0.15, 0.2) is 281 Å². The lowest BCUT2D eigenvalue weighted by Gasteiger charge is -2.15. The standard InChI is InChI=1S/C34H34BrN3O5S.C31H28ClN3O5S.C28H29N3O5/c1-24(2)43-33(39)16-10-5-11-21-42-32-23-31-29(22-30(32)37-44(40,41)28-19-17-26(35)18-20-28)36-34(25-12-6-3-7-13-25)38(31)27-14-8-4-9-15-27;32-23-15-17-25(18-16-23)41(38,39)34-27-20-26-28(21-29(27)40-19-9-3-8-14-30(36)37)35(24-12-6-2-7-13-24)31(33-26)22-10-4-1-5-11-22;1-20(2)36-27(32)16-10-5-11-17-35-26-19-24-23(18-25(26)31(33)34)29-28(21-12-6-3-7-13-21)30(24)22-14-8-4-9-15-22/h3-4,6-9,12-15,17-20,22-24,37H,5,10-11,16,21H2,1-2H3;1-2,4-7,10-13,15-18,20-21,34H,3,8-9,14,19H2,(H,36,37);3-4,6-9,12-15,18-20H,5,10-11,16-17H2,1-2H3. The average molecular weight is 1750 g/mol. The molecule has 0 atom stereocenters. The topological polar surface area (TPSA) is 307 Å². The number of carbonyl (C=O) groups is 3. The number of benzene rings is 11. The van der Waals surface area contributed by atoms with Gasteiger partial charge in [0.1, 0.15) is 29.0 Å². The summed E-state index contributed by atoms with van der Waals surface area (Å²) in [5, 5.41) is 21.2. The van der Waals surface area contributed by atoms with E-state index in [1.54, 1.807) is 36.4 Å². The molecular formula is C93H91BrClN9O15S2. The predicted molar refractivity (Wildman–Crippen MR) is 475 cm³/mol. The van der Waals surface area contributed by atoms with Crippen molar-refractivity contribution in [2.24, 2.45) is 0 Å². The van der Waals surface area contributed by atoms with Gasteiger partial charge >= 0.3 is 23.6 Å². The summed E-state index contributed by atoms with van der Waals surface area (Å²) in [4.78, 5) is 60.6. The minimum absolute atomic E-state index is 0.0569. The van der Waals surface area contributed by atoms with Gasteiger partial charge in [-0.3, -0.25) is 47.6 Å². The summed E-state index contributed by atoms with van der Waals surface area (Å²) in [5.74, 6) is 1.77. The minimum atomic E-state index is -3.97. The molecule has 3 aromatic heterocycles. The van der Waals surface area contributed by atoms with Crippen LogP contribution in [0.4, 0.5) is 17.1 Å². The number of aromatic nitrogens is 6. The van der Waals surface area contributed by atoms with Crippen LogP contribution in [-0.2, 0) is 43.9 Å². The average Bonchev–Trinajstić information content (AvgIpc) is 1.62.